The Morgan fingerprint density at radius 3 is 2.72 bits per heavy atom. The second-order valence-corrected chi connectivity index (χ2v) is 5.60. The van der Waals surface area contributed by atoms with Crippen LogP contribution in [0.4, 0.5) is 0 Å². The third-order valence-corrected chi connectivity index (χ3v) is 3.74. The molecule has 4 heteroatoms. The number of alkyl halides is 1. The van der Waals surface area contributed by atoms with Gasteiger partial charge in [0.15, 0.2) is 0 Å². The summed E-state index contributed by atoms with van der Waals surface area (Å²) in [6.45, 7) is 1.42. The van der Waals surface area contributed by atoms with Gasteiger partial charge in [-0.1, -0.05) is 47.0 Å². The van der Waals surface area contributed by atoms with E-state index in [1.54, 1.807) is 0 Å². The molecule has 0 fully saturated rings. The molecule has 1 rings (SSSR count). The standard InChI is InChI=1S/C14H19BrO2S/c1-11(16)17-13-8-5-4-7-12(13)14(18)9-3-2-6-10-15/h4-5,7-8,14,18H,2-3,6,9-10H2,1H3. The summed E-state index contributed by atoms with van der Waals surface area (Å²) in [4.78, 5) is 11.0. The Morgan fingerprint density at radius 1 is 1.33 bits per heavy atom. The van der Waals surface area contributed by atoms with E-state index < -0.39 is 0 Å². The molecule has 2 nitrogen and oxygen atoms in total. The summed E-state index contributed by atoms with van der Waals surface area (Å²) in [7, 11) is 0. The first-order valence-corrected chi connectivity index (χ1v) is 7.80. The fraction of sp³-hybridized carbons (Fsp3) is 0.500. The van der Waals surface area contributed by atoms with Crippen molar-refractivity contribution in [2.75, 3.05) is 5.33 Å². The third-order valence-electron chi connectivity index (χ3n) is 2.64. The average Bonchev–Trinajstić information content (AvgIpc) is 2.34. The van der Waals surface area contributed by atoms with Crippen LogP contribution in [0, 0.1) is 0 Å². The van der Waals surface area contributed by atoms with Gasteiger partial charge in [-0.3, -0.25) is 4.79 Å². The van der Waals surface area contributed by atoms with Crippen molar-refractivity contribution in [2.45, 2.75) is 37.9 Å². The number of thiol groups is 1. The minimum absolute atomic E-state index is 0.121. The van der Waals surface area contributed by atoms with E-state index in [2.05, 4.69) is 28.6 Å². The van der Waals surface area contributed by atoms with Crippen LogP contribution in [0.15, 0.2) is 24.3 Å². The summed E-state index contributed by atoms with van der Waals surface area (Å²) < 4.78 is 5.20. The maximum absolute atomic E-state index is 11.0. The van der Waals surface area contributed by atoms with E-state index in [1.807, 2.05) is 24.3 Å². The van der Waals surface area contributed by atoms with Gasteiger partial charge < -0.3 is 4.74 Å². The highest BCUT2D eigenvalue weighted by Crippen LogP contribution is 2.33. The highest BCUT2D eigenvalue weighted by molar-refractivity contribution is 9.09. The van der Waals surface area contributed by atoms with Gasteiger partial charge in [0.05, 0.1) is 0 Å². The highest BCUT2D eigenvalue weighted by atomic mass is 79.9. The predicted octanol–water partition coefficient (Wildman–Crippen LogP) is 4.54. The van der Waals surface area contributed by atoms with Crippen LogP contribution >= 0.6 is 28.6 Å². The number of unbranched alkanes of at least 4 members (excludes halogenated alkanes) is 2. The number of hydrogen-bond donors (Lipinski definition) is 1. The van der Waals surface area contributed by atoms with Crippen molar-refractivity contribution in [3.63, 3.8) is 0 Å². The summed E-state index contributed by atoms with van der Waals surface area (Å²) in [5.74, 6) is 0.341. The van der Waals surface area contributed by atoms with Crippen molar-refractivity contribution in [1.82, 2.24) is 0 Å². The van der Waals surface area contributed by atoms with E-state index in [1.165, 1.54) is 19.8 Å². The van der Waals surface area contributed by atoms with Gasteiger partial charge in [0, 0.05) is 23.1 Å². The topological polar surface area (TPSA) is 26.3 Å². The smallest absolute Gasteiger partial charge is 0.308 e. The van der Waals surface area contributed by atoms with Gasteiger partial charge in [0.25, 0.3) is 0 Å². The molecule has 0 bridgehead atoms. The molecule has 0 spiro atoms. The quantitative estimate of drug-likeness (QED) is 0.261. The van der Waals surface area contributed by atoms with Gasteiger partial charge in [0.2, 0.25) is 0 Å². The van der Waals surface area contributed by atoms with E-state index >= 15 is 0 Å². The minimum Gasteiger partial charge on any atom is -0.426 e. The second kappa shape index (κ2) is 8.59. The van der Waals surface area contributed by atoms with Crippen molar-refractivity contribution in [2.24, 2.45) is 0 Å². The van der Waals surface area contributed by atoms with Crippen molar-refractivity contribution < 1.29 is 9.53 Å². The fourth-order valence-electron chi connectivity index (χ4n) is 1.77. The number of ether oxygens (including phenoxy) is 1. The Labute approximate surface area is 123 Å². The van der Waals surface area contributed by atoms with Crippen LogP contribution in [-0.4, -0.2) is 11.3 Å². The van der Waals surface area contributed by atoms with Crippen molar-refractivity contribution >= 4 is 34.5 Å². The molecule has 0 radical (unpaired) electrons. The van der Waals surface area contributed by atoms with Gasteiger partial charge in [-0.15, -0.1) is 0 Å². The number of carbonyl (C=O) groups is 1. The Balaban J connectivity index is 2.60. The molecular formula is C14H19BrO2S. The lowest BCUT2D eigenvalue weighted by atomic mass is 10.0. The van der Waals surface area contributed by atoms with Gasteiger partial charge in [-0.2, -0.15) is 12.6 Å². The lowest BCUT2D eigenvalue weighted by molar-refractivity contribution is -0.131. The molecule has 0 heterocycles. The summed E-state index contributed by atoms with van der Waals surface area (Å²) >= 11 is 8.03. The zero-order chi connectivity index (χ0) is 13.4. The molecule has 0 aromatic heterocycles. The molecule has 1 aromatic rings. The van der Waals surface area contributed by atoms with Crippen LogP contribution in [0.25, 0.3) is 0 Å². The van der Waals surface area contributed by atoms with E-state index in [-0.39, 0.29) is 11.2 Å². The fourth-order valence-corrected chi connectivity index (χ4v) is 2.56. The Morgan fingerprint density at radius 2 is 2.06 bits per heavy atom. The average molecular weight is 331 g/mol. The number of esters is 1. The maximum Gasteiger partial charge on any atom is 0.308 e. The van der Waals surface area contributed by atoms with E-state index in [0.717, 1.165) is 23.7 Å². The molecule has 1 atom stereocenters. The van der Waals surface area contributed by atoms with Crippen LogP contribution in [0.1, 0.15) is 43.4 Å². The Bertz CT molecular complexity index is 382. The molecule has 0 saturated carbocycles. The molecule has 0 aliphatic rings. The summed E-state index contributed by atoms with van der Waals surface area (Å²) in [5, 5.41) is 1.17. The molecule has 0 saturated heterocycles. The van der Waals surface area contributed by atoms with E-state index in [9.17, 15) is 4.79 Å². The number of hydrogen-bond acceptors (Lipinski definition) is 3. The Kier molecular flexibility index (Phi) is 7.44. The molecule has 18 heavy (non-hydrogen) atoms. The lowest BCUT2D eigenvalue weighted by Crippen LogP contribution is -2.05. The summed E-state index contributed by atoms with van der Waals surface area (Å²) in [5.41, 5.74) is 0.995. The van der Waals surface area contributed by atoms with Gasteiger partial charge in [-0.05, 0) is 18.9 Å². The normalized spacial score (nSPS) is 12.2. The zero-order valence-electron chi connectivity index (χ0n) is 10.6. The number of para-hydroxylation sites is 1. The SMILES string of the molecule is CC(=O)Oc1ccccc1C(S)CCCCCBr. The van der Waals surface area contributed by atoms with Crippen molar-refractivity contribution in [3.8, 4) is 5.75 Å². The van der Waals surface area contributed by atoms with Crippen LogP contribution in [-0.2, 0) is 4.79 Å². The van der Waals surface area contributed by atoms with Gasteiger partial charge >= 0.3 is 5.97 Å². The molecule has 0 aliphatic carbocycles. The number of halogens is 1. The molecule has 0 N–H and O–H groups in total. The first-order valence-electron chi connectivity index (χ1n) is 6.16. The van der Waals surface area contributed by atoms with Gasteiger partial charge in [-0.25, -0.2) is 0 Å². The third kappa shape index (κ3) is 5.44. The maximum atomic E-state index is 11.0. The number of benzene rings is 1. The molecule has 0 aliphatic heterocycles. The minimum atomic E-state index is -0.290. The summed E-state index contributed by atoms with van der Waals surface area (Å²) in [6, 6.07) is 7.61. The van der Waals surface area contributed by atoms with Crippen molar-refractivity contribution in [1.29, 1.82) is 0 Å². The molecule has 1 aromatic carbocycles. The first-order chi connectivity index (χ1) is 8.65. The Hall–Kier alpha value is -0.480. The van der Waals surface area contributed by atoms with E-state index in [0.29, 0.717) is 5.75 Å². The zero-order valence-corrected chi connectivity index (χ0v) is 13.0. The first kappa shape index (κ1) is 15.6. The second-order valence-electron chi connectivity index (χ2n) is 4.19. The molecular weight excluding hydrogens is 312 g/mol. The predicted molar refractivity (Wildman–Crippen MR) is 81.7 cm³/mol. The van der Waals surface area contributed by atoms with Crippen LogP contribution < -0.4 is 4.74 Å². The molecule has 100 valence electrons. The highest BCUT2D eigenvalue weighted by Gasteiger charge is 2.13. The van der Waals surface area contributed by atoms with Gasteiger partial charge in [0.1, 0.15) is 5.75 Å². The van der Waals surface area contributed by atoms with Crippen LogP contribution in [0.2, 0.25) is 0 Å². The van der Waals surface area contributed by atoms with Crippen LogP contribution in [0.3, 0.4) is 0 Å². The van der Waals surface area contributed by atoms with E-state index in [4.69, 9.17) is 4.74 Å². The van der Waals surface area contributed by atoms with Crippen molar-refractivity contribution in [3.05, 3.63) is 29.8 Å². The van der Waals surface area contributed by atoms with Crippen LogP contribution in [0.5, 0.6) is 5.75 Å². The summed E-state index contributed by atoms with van der Waals surface area (Å²) in [6.07, 6.45) is 4.51. The largest absolute Gasteiger partial charge is 0.426 e. The number of rotatable bonds is 7. The monoisotopic (exact) mass is 330 g/mol. The lowest BCUT2D eigenvalue weighted by Gasteiger charge is -2.14. The molecule has 0 amide bonds. The number of carbonyl (C=O) groups excluding carboxylic acids is 1. The molecule has 1 unspecified atom stereocenters.